The van der Waals surface area contributed by atoms with Crippen LogP contribution in [-0.2, 0) is 30.2 Å². The minimum absolute atomic E-state index is 0.0421. The highest BCUT2D eigenvalue weighted by Gasteiger charge is 2.25. The number of carbonyl (C=O) groups excluding carboxylic acids is 3. The quantitative estimate of drug-likeness (QED) is 0.0723. The van der Waals surface area contributed by atoms with Crippen LogP contribution in [-0.4, -0.2) is 81.0 Å². The van der Waals surface area contributed by atoms with Gasteiger partial charge in [-0.25, -0.2) is 19.3 Å². The Morgan fingerprint density at radius 3 is 1.69 bits per heavy atom. The predicted octanol–water partition coefficient (Wildman–Crippen LogP) is 7.81. The molecule has 0 aliphatic carbocycles. The van der Waals surface area contributed by atoms with Crippen molar-refractivity contribution in [2.24, 2.45) is 0 Å². The molecular formula is C34H59N3O8. The number of amides is 3. The van der Waals surface area contributed by atoms with Crippen LogP contribution in [0.15, 0.2) is 24.4 Å². The molecule has 1 aromatic heterocycles. The number of ether oxygens (including phenoxy) is 5. The van der Waals surface area contributed by atoms with E-state index in [1.165, 1.54) is 83.5 Å². The molecular weight excluding hydrogens is 578 g/mol. The van der Waals surface area contributed by atoms with Crippen molar-refractivity contribution in [2.45, 2.75) is 117 Å². The number of unbranched alkanes of at least 4 members (excludes halogenated alkanes) is 14. The van der Waals surface area contributed by atoms with Crippen LogP contribution >= 0.6 is 0 Å². The molecule has 11 nitrogen and oxygen atoms in total. The number of hydrogen-bond acceptors (Lipinski definition) is 9. The van der Waals surface area contributed by atoms with Gasteiger partial charge in [-0.3, -0.25) is 4.98 Å². The Hall–Kier alpha value is -2.92. The van der Waals surface area contributed by atoms with Crippen LogP contribution in [0.1, 0.15) is 116 Å². The third-order valence-electron chi connectivity index (χ3n) is 7.09. The van der Waals surface area contributed by atoms with Gasteiger partial charge in [-0.2, -0.15) is 0 Å². The van der Waals surface area contributed by atoms with E-state index in [1.54, 1.807) is 31.3 Å². The summed E-state index contributed by atoms with van der Waals surface area (Å²) in [5, 5.41) is 2.78. The number of nitrogens with zero attached hydrogens (tertiary/aromatic N) is 2. The molecule has 3 amide bonds. The smallest absolute Gasteiger partial charge is 0.419 e. The van der Waals surface area contributed by atoms with E-state index in [4.69, 9.17) is 23.7 Å². The number of pyridine rings is 1. The summed E-state index contributed by atoms with van der Waals surface area (Å²) in [6, 6.07) is 5.20. The molecule has 258 valence electrons. The van der Waals surface area contributed by atoms with Gasteiger partial charge in [0.25, 0.3) is 0 Å². The van der Waals surface area contributed by atoms with Crippen molar-refractivity contribution >= 4 is 18.3 Å². The van der Waals surface area contributed by atoms with Crippen LogP contribution in [0.3, 0.4) is 0 Å². The van der Waals surface area contributed by atoms with Crippen molar-refractivity contribution < 1.29 is 38.1 Å². The van der Waals surface area contributed by atoms with Crippen molar-refractivity contribution in [3.8, 4) is 0 Å². The molecule has 0 bridgehead atoms. The van der Waals surface area contributed by atoms with Gasteiger partial charge in [-0.15, -0.1) is 0 Å². The third kappa shape index (κ3) is 24.0. The summed E-state index contributed by atoms with van der Waals surface area (Å²) in [5.74, 6) is 0. The lowest BCUT2D eigenvalue weighted by molar-refractivity contribution is 0.0110. The molecule has 0 aromatic carbocycles. The molecule has 0 atom stereocenters. The highest BCUT2D eigenvalue weighted by molar-refractivity contribution is 5.87. The number of carbonyl (C=O) groups is 3. The summed E-state index contributed by atoms with van der Waals surface area (Å²) in [6.45, 7) is 5.68. The molecule has 0 unspecified atom stereocenters. The summed E-state index contributed by atoms with van der Waals surface area (Å²) < 4.78 is 26.0. The number of hydrogen-bond donors (Lipinski definition) is 1. The zero-order chi connectivity index (χ0) is 32.6. The van der Waals surface area contributed by atoms with Gasteiger partial charge >= 0.3 is 18.3 Å². The standard InChI is InChI=1S/C34H59N3O8/c1-3-5-6-7-8-9-10-11-12-13-14-15-16-17-19-23-36-32(38)44-28-26-41-24-25-42-27-29-45-34(40)37(33(39)43-4-2)30-31-21-18-20-22-35-31/h18,20-22H,3-17,19,23-30H2,1-2H3,(H,36,38). The van der Waals surface area contributed by atoms with Crippen LogP contribution < -0.4 is 5.32 Å². The Kier molecular flexibility index (Phi) is 26.5. The molecule has 45 heavy (non-hydrogen) atoms. The number of rotatable bonds is 28. The first-order valence-electron chi connectivity index (χ1n) is 17.2. The van der Waals surface area contributed by atoms with Crippen molar-refractivity contribution in [2.75, 3.05) is 52.8 Å². The normalized spacial score (nSPS) is 10.8. The van der Waals surface area contributed by atoms with E-state index in [9.17, 15) is 14.4 Å². The van der Waals surface area contributed by atoms with Gasteiger partial charge in [0.15, 0.2) is 0 Å². The van der Waals surface area contributed by atoms with Gasteiger partial charge in [0.2, 0.25) is 0 Å². The molecule has 0 aliphatic rings. The Morgan fingerprint density at radius 1 is 0.644 bits per heavy atom. The van der Waals surface area contributed by atoms with Gasteiger partial charge < -0.3 is 29.0 Å². The summed E-state index contributed by atoms with van der Waals surface area (Å²) in [5.41, 5.74) is 0.526. The van der Waals surface area contributed by atoms with Crippen molar-refractivity contribution in [3.05, 3.63) is 30.1 Å². The second-order valence-electron chi connectivity index (χ2n) is 11.0. The van der Waals surface area contributed by atoms with Gasteiger partial charge in [0.1, 0.15) is 13.2 Å². The number of alkyl carbamates (subject to hydrolysis) is 1. The maximum absolute atomic E-state index is 12.4. The minimum Gasteiger partial charge on any atom is -0.449 e. The molecule has 1 heterocycles. The molecule has 0 saturated heterocycles. The average molecular weight is 638 g/mol. The van der Waals surface area contributed by atoms with Crippen LogP contribution in [0, 0.1) is 0 Å². The number of imide groups is 1. The lowest BCUT2D eigenvalue weighted by Crippen LogP contribution is -2.38. The fourth-order valence-electron chi connectivity index (χ4n) is 4.58. The third-order valence-corrected chi connectivity index (χ3v) is 7.09. The Labute approximate surface area is 271 Å². The minimum atomic E-state index is -0.839. The van der Waals surface area contributed by atoms with E-state index in [-0.39, 0.29) is 46.2 Å². The van der Waals surface area contributed by atoms with Crippen LogP contribution in [0.5, 0.6) is 0 Å². The molecule has 1 rings (SSSR count). The molecule has 11 heteroatoms. The number of aromatic nitrogens is 1. The monoisotopic (exact) mass is 637 g/mol. The average Bonchev–Trinajstić information content (AvgIpc) is 3.04. The molecule has 0 spiro atoms. The lowest BCUT2D eigenvalue weighted by atomic mass is 10.0. The van der Waals surface area contributed by atoms with E-state index in [1.807, 2.05) is 0 Å². The second-order valence-corrected chi connectivity index (χ2v) is 11.0. The highest BCUT2D eigenvalue weighted by Crippen LogP contribution is 2.13. The maximum Gasteiger partial charge on any atom is 0.419 e. The predicted molar refractivity (Wildman–Crippen MR) is 174 cm³/mol. The van der Waals surface area contributed by atoms with E-state index in [0.29, 0.717) is 18.8 Å². The topological polar surface area (TPSA) is 126 Å². The maximum atomic E-state index is 12.4. The molecule has 0 saturated carbocycles. The van der Waals surface area contributed by atoms with Crippen LogP contribution in [0.2, 0.25) is 0 Å². The first-order chi connectivity index (χ1) is 22.1. The van der Waals surface area contributed by atoms with Crippen molar-refractivity contribution in [1.29, 1.82) is 0 Å². The van der Waals surface area contributed by atoms with Crippen LogP contribution in [0.25, 0.3) is 0 Å². The second kappa shape index (κ2) is 29.8. The lowest BCUT2D eigenvalue weighted by Gasteiger charge is -2.19. The Morgan fingerprint density at radius 2 is 1.16 bits per heavy atom. The molecule has 0 aliphatic heterocycles. The summed E-state index contributed by atoms with van der Waals surface area (Å²) in [4.78, 5) is 41.3. The first-order valence-corrected chi connectivity index (χ1v) is 17.2. The Bertz CT molecular complexity index is 859. The van der Waals surface area contributed by atoms with Crippen molar-refractivity contribution in [3.63, 3.8) is 0 Å². The van der Waals surface area contributed by atoms with Gasteiger partial charge in [0.05, 0.1) is 45.3 Å². The molecule has 0 radical (unpaired) electrons. The largest absolute Gasteiger partial charge is 0.449 e. The summed E-state index contributed by atoms with van der Waals surface area (Å²) in [7, 11) is 0. The highest BCUT2D eigenvalue weighted by atomic mass is 16.6. The van der Waals surface area contributed by atoms with Gasteiger partial charge in [-0.05, 0) is 25.5 Å². The van der Waals surface area contributed by atoms with Crippen molar-refractivity contribution in [1.82, 2.24) is 15.2 Å². The van der Waals surface area contributed by atoms with Crippen LogP contribution in [0.4, 0.5) is 14.4 Å². The first kappa shape index (κ1) is 40.1. The molecule has 0 fully saturated rings. The zero-order valence-corrected chi connectivity index (χ0v) is 27.9. The number of nitrogens with one attached hydrogen (secondary N) is 1. The van der Waals surface area contributed by atoms with Gasteiger partial charge in [0, 0.05) is 12.7 Å². The fourth-order valence-corrected chi connectivity index (χ4v) is 4.58. The molecule has 1 N–H and O–H groups in total. The fraction of sp³-hybridized carbons (Fsp3) is 0.765. The van der Waals surface area contributed by atoms with E-state index < -0.39 is 18.3 Å². The summed E-state index contributed by atoms with van der Waals surface area (Å²) in [6.07, 6.45) is 19.2. The van der Waals surface area contributed by atoms with Gasteiger partial charge in [-0.1, -0.05) is 103 Å². The SMILES string of the molecule is CCCCCCCCCCCCCCCCCNC(=O)OCCOCCOCCOC(=O)N(Cc1ccccn1)C(=O)OCC. The zero-order valence-electron chi connectivity index (χ0n) is 27.9. The molecule has 1 aromatic rings. The summed E-state index contributed by atoms with van der Waals surface area (Å²) >= 11 is 0. The Balaban J connectivity index is 1.89. The van der Waals surface area contributed by atoms with E-state index in [0.717, 1.165) is 17.7 Å². The van der Waals surface area contributed by atoms with E-state index >= 15 is 0 Å². The van der Waals surface area contributed by atoms with E-state index in [2.05, 4.69) is 17.2 Å².